The lowest BCUT2D eigenvalue weighted by molar-refractivity contribution is -0.117. The van der Waals surface area contributed by atoms with Crippen LogP contribution in [0.15, 0.2) is 24.3 Å². The molecule has 2 aromatic rings. The summed E-state index contributed by atoms with van der Waals surface area (Å²) >= 11 is 0. The summed E-state index contributed by atoms with van der Waals surface area (Å²) in [4.78, 5) is 13.4. The maximum Gasteiger partial charge on any atom is 0.141 e. The molecule has 2 aromatic carbocycles. The van der Waals surface area contributed by atoms with Crippen molar-refractivity contribution >= 4 is 5.78 Å². The van der Waals surface area contributed by atoms with Crippen molar-refractivity contribution in [2.75, 3.05) is 0 Å². The molecule has 2 atom stereocenters. The van der Waals surface area contributed by atoms with Gasteiger partial charge in [-0.3, -0.25) is 4.79 Å². The number of carbonyl (C=O) groups excluding carboxylic acids is 1. The van der Waals surface area contributed by atoms with Crippen molar-refractivity contribution in [1.29, 1.82) is 0 Å². The van der Waals surface area contributed by atoms with Gasteiger partial charge in [-0.1, -0.05) is 93.5 Å². The molecule has 2 aliphatic rings. The SMILES string of the molecule is Cc1c(CC(=O)Cc2ccc3c(c2C)C(C)C(C)(C)C3(C)C)ccc2c1C(C)C(C)(C)C2(C)C. The first-order chi connectivity index (χ1) is 15.5. The molecule has 0 amide bonds. The van der Waals surface area contributed by atoms with Gasteiger partial charge in [-0.05, 0) is 91.9 Å². The number of hydrogen-bond donors (Lipinski definition) is 0. The second-order valence-corrected chi connectivity index (χ2v) is 13.7. The fourth-order valence-electron chi connectivity index (χ4n) is 7.12. The fraction of sp³-hybridized carbons (Fsp3) is 0.606. The van der Waals surface area contributed by atoms with Gasteiger partial charge >= 0.3 is 0 Å². The Kier molecular flexibility index (Phi) is 5.60. The predicted molar refractivity (Wildman–Crippen MR) is 145 cm³/mol. The number of Topliss-reactive ketones (excluding diaryl/α,β-unsaturated/α-hetero) is 1. The van der Waals surface area contributed by atoms with Gasteiger partial charge in [0, 0.05) is 12.8 Å². The van der Waals surface area contributed by atoms with E-state index in [-0.39, 0.29) is 21.7 Å². The fourth-order valence-corrected chi connectivity index (χ4v) is 7.12. The van der Waals surface area contributed by atoms with Crippen molar-refractivity contribution in [3.63, 3.8) is 0 Å². The van der Waals surface area contributed by atoms with Crippen molar-refractivity contribution in [3.8, 4) is 0 Å². The molecule has 0 aliphatic heterocycles. The zero-order valence-electron chi connectivity index (χ0n) is 23.8. The zero-order valence-corrected chi connectivity index (χ0v) is 23.8. The molecule has 0 aromatic heterocycles. The quantitative estimate of drug-likeness (QED) is 0.449. The first-order valence-corrected chi connectivity index (χ1v) is 13.2. The molecule has 1 heteroatoms. The maximum atomic E-state index is 13.4. The minimum Gasteiger partial charge on any atom is -0.299 e. The number of fused-ring (bicyclic) bond motifs is 2. The van der Waals surface area contributed by atoms with Crippen molar-refractivity contribution in [3.05, 3.63) is 68.8 Å². The van der Waals surface area contributed by atoms with Crippen LogP contribution in [-0.4, -0.2) is 5.78 Å². The van der Waals surface area contributed by atoms with Crippen LogP contribution in [0.4, 0.5) is 0 Å². The smallest absolute Gasteiger partial charge is 0.141 e. The van der Waals surface area contributed by atoms with Gasteiger partial charge < -0.3 is 0 Å². The first-order valence-electron chi connectivity index (χ1n) is 13.2. The van der Waals surface area contributed by atoms with E-state index in [2.05, 4.69) is 107 Å². The van der Waals surface area contributed by atoms with Crippen molar-refractivity contribution in [2.24, 2.45) is 10.8 Å². The lowest BCUT2D eigenvalue weighted by Crippen LogP contribution is -2.33. The van der Waals surface area contributed by atoms with Crippen LogP contribution in [-0.2, 0) is 28.5 Å². The number of benzene rings is 2. The molecule has 2 aliphatic carbocycles. The molecule has 0 saturated carbocycles. The van der Waals surface area contributed by atoms with Crippen LogP contribution in [0.2, 0.25) is 0 Å². The minimum atomic E-state index is 0.134. The van der Waals surface area contributed by atoms with Crippen LogP contribution in [0.1, 0.15) is 126 Å². The van der Waals surface area contributed by atoms with Crippen LogP contribution >= 0.6 is 0 Å². The Labute approximate surface area is 208 Å². The molecule has 0 saturated heterocycles. The van der Waals surface area contributed by atoms with Crippen molar-refractivity contribution < 1.29 is 4.79 Å². The third kappa shape index (κ3) is 3.14. The molecule has 0 fully saturated rings. The summed E-state index contributed by atoms with van der Waals surface area (Å²) in [6, 6.07) is 9.07. The Morgan fingerprint density at radius 3 is 1.29 bits per heavy atom. The highest BCUT2D eigenvalue weighted by Gasteiger charge is 2.52. The van der Waals surface area contributed by atoms with Crippen molar-refractivity contribution in [2.45, 2.75) is 119 Å². The third-order valence-corrected chi connectivity index (χ3v) is 11.6. The van der Waals surface area contributed by atoms with Gasteiger partial charge in [-0.15, -0.1) is 0 Å². The van der Waals surface area contributed by atoms with Gasteiger partial charge in [0.05, 0.1) is 0 Å². The summed E-state index contributed by atoms with van der Waals surface area (Å²) in [5.41, 5.74) is 11.6. The third-order valence-electron chi connectivity index (χ3n) is 11.6. The Balaban J connectivity index is 1.62. The molecule has 0 N–H and O–H groups in total. The number of carbonyl (C=O) groups is 1. The first kappa shape index (κ1) is 25.2. The predicted octanol–water partition coefficient (Wildman–Crippen LogP) is 8.50. The van der Waals surface area contributed by atoms with E-state index in [4.69, 9.17) is 0 Å². The number of rotatable bonds is 4. The zero-order chi connectivity index (χ0) is 25.6. The molecule has 184 valence electrons. The Hall–Kier alpha value is -1.89. The van der Waals surface area contributed by atoms with Gasteiger partial charge in [0.25, 0.3) is 0 Å². The highest BCUT2D eigenvalue weighted by atomic mass is 16.1. The van der Waals surface area contributed by atoms with E-state index in [1.807, 2.05) is 0 Å². The largest absolute Gasteiger partial charge is 0.299 e. The molecule has 0 spiro atoms. The van der Waals surface area contributed by atoms with Gasteiger partial charge in [0.2, 0.25) is 0 Å². The van der Waals surface area contributed by atoms with Crippen LogP contribution in [0.25, 0.3) is 0 Å². The molecule has 0 heterocycles. The summed E-state index contributed by atoms with van der Waals surface area (Å²) in [6.07, 6.45) is 1.05. The van der Waals surface area contributed by atoms with Crippen LogP contribution < -0.4 is 0 Å². The monoisotopic (exact) mass is 458 g/mol. The highest BCUT2D eigenvalue weighted by Crippen LogP contribution is 2.60. The van der Waals surface area contributed by atoms with Gasteiger partial charge in [0.1, 0.15) is 5.78 Å². The van der Waals surface area contributed by atoms with Crippen molar-refractivity contribution in [1.82, 2.24) is 0 Å². The molecular weight excluding hydrogens is 412 g/mol. The molecule has 0 bridgehead atoms. The van der Waals surface area contributed by atoms with Gasteiger partial charge in [0.15, 0.2) is 0 Å². The minimum absolute atomic E-state index is 0.134. The summed E-state index contributed by atoms with van der Waals surface area (Å²) in [5, 5.41) is 0. The van der Waals surface area contributed by atoms with Crippen LogP contribution in [0.5, 0.6) is 0 Å². The molecule has 1 nitrogen and oxygen atoms in total. The van der Waals surface area contributed by atoms with E-state index in [1.165, 1.54) is 44.5 Å². The molecular formula is C33H46O. The topological polar surface area (TPSA) is 17.1 Å². The van der Waals surface area contributed by atoms with E-state index in [0.717, 1.165) is 0 Å². The number of ketones is 1. The van der Waals surface area contributed by atoms with Crippen LogP contribution in [0, 0.1) is 24.7 Å². The van der Waals surface area contributed by atoms with E-state index < -0.39 is 0 Å². The Morgan fingerprint density at radius 1 is 0.647 bits per heavy atom. The lowest BCUT2D eigenvalue weighted by atomic mass is 9.65. The van der Waals surface area contributed by atoms with E-state index in [0.29, 0.717) is 30.5 Å². The lowest BCUT2D eigenvalue weighted by Gasteiger charge is -2.38. The average Bonchev–Trinajstić information content (AvgIpc) is 2.96. The maximum absolute atomic E-state index is 13.4. The van der Waals surface area contributed by atoms with E-state index in [1.54, 1.807) is 0 Å². The summed E-state index contributed by atoms with van der Waals surface area (Å²) in [6.45, 7) is 28.3. The second kappa shape index (κ2) is 7.55. The van der Waals surface area contributed by atoms with Crippen LogP contribution in [0.3, 0.4) is 0 Å². The Morgan fingerprint density at radius 2 is 0.971 bits per heavy atom. The molecule has 2 unspecified atom stereocenters. The standard InChI is InChI=1S/C33H46O/c1-19-23(13-15-26-28(19)21(3)30(5,6)32(26,9)10)17-25(34)18-24-14-16-27-29(20(24)2)22(4)31(7,8)33(27,11)12/h13-16,21-22H,17-18H2,1-12H3. The molecule has 4 rings (SSSR count). The number of hydrogen-bond acceptors (Lipinski definition) is 1. The molecule has 0 radical (unpaired) electrons. The molecule has 34 heavy (non-hydrogen) atoms. The van der Waals surface area contributed by atoms with Gasteiger partial charge in [-0.25, -0.2) is 0 Å². The van der Waals surface area contributed by atoms with E-state index in [9.17, 15) is 4.79 Å². The summed E-state index contributed by atoms with van der Waals surface area (Å²) in [5.74, 6) is 1.29. The summed E-state index contributed by atoms with van der Waals surface area (Å²) in [7, 11) is 0. The summed E-state index contributed by atoms with van der Waals surface area (Å²) < 4.78 is 0. The average molecular weight is 459 g/mol. The van der Waals surface area contributed by atoms with E-state index >= 15 is 0 Å². The normalized spacial score (nSPS) is 25.2. The van der Waals surface area contributed by atoms with Gasteiger partial charge in [-0.2, -0.15) is 0 Å². The Bertz CT molecular complexity index is 1080. The highest BCUT2D eigenvalue weighted by molar-refractivity contribution is 5.84. The second-order valence-electron chi connectivity index (χ2n) is 13.7.